The van der Waals surface area contributed by atoms with Crippen molar-refractivity contribution in [2.45, 2.75) is 0 Å². The summed E-state index contributed by atoms with van der Waals surface area (Å²) < 4.78 is 4.83. The van der Waals surface area contributed by atoms with Crippen LogP contribution in [0.1, 0.15) is 0 Å². The molecule has 232 valence electrons. The molecule has 8 aromatic carbocycles. The van der Waals surface area contributed by atoms with Crippen LogP contribution in [0, 0.1) is 0 Å². The van der Waals surface area contributed by atoms with Crippen LogP contribution in [0.4, 0.5) is 0 Å². The summed E-state index contributed by atoms with van der Waals surface area (Å²) in [5.41, 5.74) is 9.34. The molecule has 0 radical (unpaired) electrons. The topological polar surface area (TPSA) is 35.6 Å². The highest BCUT2D eigenvalue weighted by molar-refractivity contribution is 6.22. The van der Waals surface area contributed by atoms with Crippen molar-refractivity contribution in [2.24, 2.45) is 0 Å². The summed E-state index contributed by atoms with van der Waals surface area (Å²) in [6.45, 7) is 0. The van der Waals surface area contributed by atoms with Gasteiger partial charge in [-0.05, 0) is 58.6 Å². The predicted molar refractivity (Wildman–Crippen MR) is 209 cm³/mol. The second-order valence-electron chi connectivity index (χ2n) is 13.0. The molecule has 0 saturated carbocycles. The van der Waals surface area contributed by atoms with Crippen LogP contribution in [-0.4, -0.2) is 19.1 Å². The zero-order valence-corrected chi connectivity index (χ0v) is 27.0. The zero-order valence-electron chi connectivity index (χ0n) is 27.0. The van der Waals surface area contributed by atoms with Gasteiger partial charge in [0.2, 0.25) is 0 Å². The molecule has 0 saturated heterocycles. The van der Waals surface area contributed by atoms with E-state index in [1.54, 1.807) is 0 Å². The summed E-state index contributed by atoms with van der Waals surface area (Å²) in [6.07, 6.45) is 0. The van der Waals surface area contributed by atoms with Gasteiger partial charge in [0.25, 0.3) is 0 Å². The highest BCUT2D eigenvalue weighted by Gasteiger charge is 2.23. The highest BCUT2D eigenvalue weighted by Crippen LogP contribution is 2.43. The number of aromatic nitrogens is 4. The van der Waals surface area contributed by atoms with Gasteiger partial charge in [0.1, 0.15) is 5.69 Å². The van der Waals surface area contributed by atoms with Gasteiger partial charge in [-0.2, -0.15) is 0 Å². The third-order valence-electron chi connectivity index (χ3n) is 10.2. The Morgan fingerprint density at radius 3 is 1.88 bits per heavy atom. The van der Waals surface area contributed by atoms with Crippen LogP contribution < -0.4 is 0 Å². The fraction of sp³-hybridized carbons (Fsp3) is 0. The van der Waals surface area contributed by atoms with Crippen molar-refractivity contribution < 1.29 is 0 Å². The molecule has 11 aromatic rings. The van der Waals surface area contributed by atoms with Gasteiger partial charge in [-0.25, -0.2) is 9.97 Å². The van der Waals surface area contributed by atoms with E-state index in [1.807, 2.05) is 24.3 Å². The van der Waals surface area contributed by atoms with Crippen LogP contribution in [0.3, 0.4) is 0 Å². The Morgan fingerprint density at radius 2 is 1.04 bits per heavy atom. The van der Waals surface area contributed by atoms with E-state index in [0.717, 1.165) is 44.8 Å². The average Bonchev–Trinajstić information content (AvgIpc) is 3.69. The van der Waals surface area contributed by atoms with Gasteiger partial charge in [0.15, 0.2) is 5.82 Å². The van der Waals surface area contributed by atoms with E-state index in [4.69, 9.17) is 9.97 Å². The van der Waals surface area contributed by atoms with Crippen LogP contribution in [-0.2, 0) is 0 Å². The second-order valence-corrected chi connectivity index (χ2v) is 13.0. The van der Waals surface area contributed by atoms with Crippen LogP contribution in [0.15, 0.2) is 170 Å². The van der Waals surface area contributed by atoms with E-state index in [9.17, 15) is 0 Å². The fourth-order valence-corrected chi connectivity index (χ4v) is 8.07. The van der Waals surface area contributed by atoms with Gasteiger partial charge in [-0.3, -0.25) is 4.57 Å². The van der Waals surface area contributed by atoms with E-state index in [0.29, 0.717) is 0 Å². The quantitative estimate of drug-likeness (QED) is 0.193. The molecule has 11 rings (SSSR count). The summed E-state index contributed by atoms with van der Waals surface area (Å²) in [5, 5.41) is 9.69. The number of rotatable bonds is 3. The van der Waals surface area contributed by atoms with Crippen LogP contribution in [0.5, 0.6) is 0 Å². The van der Waals surface area contributed by atoms with Gasteiger partial charge in [0, 0.05) is 32.5 Å². The number of nitrogens with zero attached hydrogens (tertiary/aromatic N) is 4. The van der Waals surface area contributed by atoms with E-state index in [-0.39, 0.29) is 0 Å². The smallest absolute Gasteiger partial charge is 0.165 e. The van der Waals surface area contributed by atoms with Gasteiger partial charge >= 0.3 is 0 Å². The molecule has 0 bridgehead atoms. The van der Waals surface area contributed by atoms with Gasteiger partial charge in [0.05, 0.1) is 38.8 Å². The van der Waals surface area contributed by atoms with Crippen LogP contribution in [0.2, 0.25) is 0 Å². The Bertz CT molecular complexity index is 3150. The molecule has 0 fully saturated rings. The van der Waals surface area contributed by atoms with E-state index in [1.165, 1.54) is 54.1 Å². The zero-order chi connectivity index (χ0) is 32.8. The lowest BCUT2D eigenvalue weighted by Crippen LogP contribution is -2.04. The minimum Gasteiger partial charge on any atom is -0.308 e. The molecule has 0 aliphatic carbocycles. The minimum atomic E-state index is 0.815. The van der Waals surface area contributed by atoms with Crippen molar-refractivity contribution in [3.8, 4) is 22.8 Å². The molecule has 3 heterocycles. The maximum absolute atomic E-state index is 5.40. The van der Waals surface area contributed by atoms with E-state index >= 15 is 0 Å². The SMILES string of the molecule is c1ccc(-c2nc3ccccc3nc2-n2c3cc4ccccc4cc3c3c(-n4c5ccccc5c5ccc6ccccc6c54)cccc32)cc1. The average molecular weight is 637 g/mol. The minimum absolute atomic E-state index is 0.815. The van der Waals surface area contributed by atoms with Crippen molar-refractivity contribution in [3.05, 3.63) is 170 Å². The molecule has 0 unspecified atom stereocenters. The molecule has 0 spiro atoms. The number of fused-ring (bicyclic) bond motifs is 10. The first-order valence-electron chi connectivity index (χ1n) is 17.0. The largest absolute Gasteiger partial charge is 0.308 e. The lowest BCUT2D eigenvalue weighted by atomic mass is 10.0. The summed E-state index contributed by atoms with van der Waals surface area (Å²) in [5.74, 6) is 0.815. The maximum atomic E-state index is 5.40. The molecule has 0 aliphatic rings. The maximum Gasteiger partial charge on any atom is 0.165 e. The summed E-state index contributed by atoms with van der Waals surface area (Å²) >= 11 is 0. The number of para-hydroxylation sites is 3. The van der Waals surface area contributed by atoms with Crippen molar-refractivity contribution >= 4 is 76.2 Å². The van der Waals surface area contributed by atoms with Crippen LogP contribution >= 0.6 is 0 Å². The molecule has 0 aliphatic heterocycles. The summed E-state index contributed by atoms with van der Waals surface area (Å²) in [7, 11) is 0. The molecule has 4 heteroatoms. The second kappa shape index (κ2) is 10.4. The Labute approximate surface area is 287 Å². The normalized spacial score (nSPS) is 12.0. The monoisotopic (exact) mass is 636 g/mol. The first-order chi connectivity index (χ1) is 24.8. The summed E-state index contributed by atoms with van der Waals surface area (Å²) in [6, 6.07) is 60.7. The van der Waals surface area contributed by atoms with Crippen LogP contribution in [0.25, 0.3) is 99.0 Å². The molecule has 0 N–H and O–H groups in total. The Kier molecular flexibility index (Phi) is 5.63. The molecule has 0 amide bonds. The Hall–Kier alpha value is -6.78. The van der Waals surface area contributed by atoms with Crippen molar-refractivity contribution in [1.82, 2.24) is 19.1 Å². The lowest BCUT2D eigenvalue weighted by Gasteiger charge is -2.14. The molecule has 0 atom stereocenters. The number of hydrogen-bond donors (Lipinski definition) is 0. The van der Waals surface area contributed by atoms with Gasteiger partial charge in [-0.1, -0.05) is 127 Å². The lowest BCUT2D eigenvalue weighted by molar-refractivity contribution is 1.08. The highest BCUT2D eigenvalue weighted by atomic mass is 15.1. The summed E-state index contributed by atoms with van der Waals surface area (Å²) in [4.78, 5) is 10.7. The van der Waals surface area contributed by atoms with E-state index < -0.39 is 0 Å². The number of benzene rings is 8. The third-order valence-corrected chi connectivity index (χ3v) is 10.2. The Morgan fingerprint density at radius 1 is 0.380 bits per heavy atom. The van der Waals surface area contributed by atoms with Gasteiger partial charge in [-0.15, -0.1) is 0 Å². The van der Waals surface area contributed by atoms with Crippen molar-refractivity contribution in [3.63, 3.8) is 0 Å². The first-order valence-corrected chi connectivity index (χ1v) is 17.0. The third kappa shape index (κ3) is 3.81. The predicted octanol–water partition coefficient (Wildman–Crippen LogP) is 11.8. The van der Waals surface area contributed by atoms with E-state index in [2.05, 4.69) is 155 Å². The molecule has 3 aromatic heterocycles. The van der Waals surface area contributed by atoms with Crippen molar-refractivity contribution in [2.75, 3.05) is 0 Å². The Balaban J connectivity index is 1.35. The van der Waals surface area contributed by atoms with Crippen molar-refractivity contribution in [1.29, 1.82) is 0 Å². The molecule has 4 nitrogen and oxygen atoms in total. The fourth-order valence-electron chi connectivity index (χ4n) is 8.07. The first kappa shape index (κ1) is 27.2. The molecular weight excluding hydrogens is 609 g/mol. The molecule has 50 heavy (non-hydrogen) atoms. The molecular formula is C46H28N4. The standard InChI is InChI=1S/C46H28N4/c1-2-14-30(15-3-1)44-46(48-38-21-10-9-20-37(38)47-44)50-41-24-12-23-40(43(41)36-27-31-16-4-5-17-32(31)28-42(36)50)49-39-22-11-8-19-34(39)35-26-25-29-13-6-7-18-33(29)45(35)49/h1-28H. The van der Waals surface area contributed by atoms with Gasteiger partial charge < -0.3 is 4.57 Å². The number of hydrogen-bond acceptors (Lipinski definition) is 2.